The molecular weight excluding hydrogens is 452 g/mol. The number of benzene rings is 2. The van der Waals surface area contributed by atoms with Crippen molar-refractivity contribution < 1.29 is 19.2 Å². The van der Waals surface area contributed by atoms with Gasteiger partial charge in [-0.2, -0.15) is 0 Å². The highest BCUT2D eigenvalue weighted by molar-refractivity contribution is 7.12. The maximum atomic E-state index is 13.4. The molecule has 2 aliphatic heterocycles. The molecule has 0 spiro atoms. The number of carbonyl (C=O) groups excluding carboxylic acids is 4. The van der Waals surface area contributed by atoms with E-state index >= 15 is 0 Å². The molecule has 3 aromatic rings. The maximum Gasteiger partial charge on any atom is 0.325 e. The second kappa shape index (κ2) is 8.57. The minimum absolute atomic E-state index is 0.0398. The van der Waals surface area contributed by atoms with Crippen LogP contribution in [0.1, 0.15) is 22.2 Å². The third-order valence-corrected chi connectivity index (χ3v) is 7.41. The van der Waals surface area contributed by atoms with Crippen molar-refractivity contribution >= 4 is 45.9 Å². The van der Waals surface area contributed by atoms with Crippen LogP contribution >= 0.6 is 11.3 Å². The molecule has 2 saturated heterocycles. The van der Waals surface area contributed by atoms with Gasteiger partial charge < -0.3 is 15.1 Å². The van der Waals surface area contributed by atoms with Gasteiger partial charge in [0, 0.05) is 26.2 Å². The number of nitrogens with zero attached hydrogens (tertiary/aromatic N) is 3. The first kappa shape index (κ1) is 22.1. The molecule has 0 bridgehead atoms. The quantitative estimate of drug-likeness (QED) is 0.587. The van der Waals surface area contributed by atoms with Crippen LogP contribution in [-0.2, 0) is 15.1 Å². The zero-order valence-electron chi connectivity index (χ0n) is 18.7. The number of piperazine rings is 1. The van der Waals surface area contributed by atoms with Crippen LogP contribution in [0.2, 0.25) is 0 Å². The van der Waals surface area contributed by atoms with Crippen molar-refractivity contribution in [2.24, 2.45) is 0 Å². The van der Waals surface area contributed by atoms with E-state index in [-0.39, 0.29) is 18.4 Å². The molecule has 174 valence electrons. The van der Waals surface area contributed by atoms with Gasteiger partial charge in [-0.25, -0.2) is 4.79 Å². The normalized spacial score (nSPS) is 20.7. The summed E-state index contributed by atoms with van der Waals surface area (Å²) in [6.45, 7) is 2.89. The topological polar surface area (TPSA) is 90.0 Å². The van der Waals surface area contributed by atoms with E-state index in [9.17, 15) is 19.2 Å². The fourth-order valence-electron chi connectivity index (χ4n) is 4.63. The van der Waals surface area contributed by atoms with E-state index in [4.69, 9.17) is 0 Å². The minimum Gasteiger partial charge on any atom is -0.338 e. The molecule has 0 radical (unpaired) electrons. The molecule has 3 heterocycles. The molecule has 5 rings (SSSR count). The molecule has 1 atom stereocenters. The van der Waals surface area contributed by atoms with E-state index in [0.29, 0.717) is 36.6 Å². The zero-order chi connectivity index (χ0) is 23.9. The number of urea groups is 1. The fraction of sp³-hybridized carbons (Fsp3) is 0.280. The third-order valence-electron chi connectivity index (χ3n) is 6.55. The first-order valence-electron chi connectivity index (χ1n) is 11.1. The molecular formula is C25H24N4O4S. The Labute approximate surface area is 200 Å². The Balaban J connectivity index is 1.27. The standard InChI is InChI=1S/C25H24N4O4S/c1-25(19-9-4-7-17-6-2-3-8-18(17)19)23(32)29(24(33)26-25)16-21(30)27-11-13-28(14-12-27)22(31)20-10-5-15-34-20/h2-10,15H,11-14,16H2,1H3,(H,26,33). The van der Waals surface area contributed by atoms with Crippen molar-refractivity contribution in [1.29, 1.82) is 0 Å². The number of imide groups is 1. The van der Waals surface area contributed by atoms with Gasteiger partial charge in [0.15, 0.2) is 0 Å². The molecule has 34 heavy (non-hydrogen) atoms. The Hall–Kier alpha value is -3.72. The highest BCUT2D eigenvalue weighted by atomic mass is 32.1. The molecule has 2 aliphatic rings. The molecule has 1 unspecified atom stereocenters. The summed E-state index contributed by atoms with van der Waals surface area (Å²) >= 11 is 1.39. The van der Waals surface area contributed by atoms with Crippen LogP contribution < -0.4 is 5.32 Å². The van der Waals surface area contributed by atoms with Gasteiger partial charge in [0.25, 0.3) is 11.8 Å². The Morgan fingerprint density at radius 3 is 2.38 bits per heavy atom. The lowest BCUT2D eigenvalue weighted by Gasteiger charge is -2.35. The summed E-state index contributed by atoms with van der Waals surface area (Å²) in [5.41, 5.74) is -0.566. The molecule has 8 nitrogen and oxygen atoms in total. The van der Waals surface area contributed by atoms with Crippen molar-refractivity contribution in [3.8, 4) is 0 Å². The van der Waals surface area contributed by atoms with Gasteiger partial charge in [-0.05, 0) is 34.7 Å². The van der Waals surface area contributed by atoms with E-state index in [1.165, 1.54) is 11.3 Å². The molecule has 2 fully saturated rings. The highest BCUT2D eigenvalue weighted by Gasteiger charge is 2.50. The predicted octanol–water partition coefficient (Wildman–Crippen LogP) is 2.65. The van der Waals surface area contributed by atoms with E-state index in [0.717, 1.165) is 15.7 Å². The monoisotopic (exact) mass is 476 g/mol. The van der Waals surface area contributed by atoms with E-state index in [1.807, 2.05) is 53.9 Å². The number of hydrogen-bond acceptors (Lipinski definition) is 5. The number of carbonyl (C=O) groups is 4. The summed E-state index contributed by atoms with van der Waals surface area (Å²) in [7, 11) is 0. The van der Waals surface area contributed by atoms with E-state index in [2.05, 4.69) is 5.32 Å². The second-order valence-corrected chi connectivity index (χ2v) is 9.57. The number of rotatable bonds is 4. The van der Waals surface area contributed by atoms with Gasteiger partial charge in [0.2, 0.25) is 5.91 Å². The van der Waals surface area contributed by atoms with Crippen LogP contribution in [0.15, 0.2) is 60.0 Å². The molecule has 5 amide bonds. The van der Waals surface area contributed by atoms with Crippen LogP contribution in [-0.4, -0.2) is 71.2 Å². The van der Waals surface area contributed by atoms with Crippen molar-refractivity contribution in [3.05, 3.63) is 70.4 Å². The van der Waals surface area contributed by atoms with Crippen molar-refractivity contribution in [1.82, 2.24) is 20.0 Å². The summed E-state index contributed by atoms with van der Waals surface area (Å²) in [6, 6.07) is 16.4. The van der Waals surface area contributed by atoms with Gasteiger partial charge in [0.05, 0.1) is 4.88 Å². The van der Waals surface area contributed by atoms with Gasteiger partial charge >= 0.3 is 6.03 Å². The van der Waals surface area contributed by atoms with Gasteiger partial charge in [-0.1, -0.05) is 48.5 Å². The van der Waals surface area contributed by atoms with Gasteiger partial charge in [-0.15, -0.1) is 11.3 Å². The van der Waals surface area contributed by atoms with Crippen LogP contribution in [0.4, 0.5) is 4.79 Å². The van der Waals surface area contributed by atoms with E-state index < -0.39 is 17.5 Å². The Kier molecular flexibility index (Phi) is 5.57. The largest absolute Gasteiger partial charge is 0.338 e. The lowest BCUT2D eigenvalue weighted by Crippen LogP contribution is -2.53. The number of fused-ring (bicyclic) bond motifs is 1. The third kappa shape index (κ3) is 3.71. The number of nitrogens with one attached hydrogen (secondary N) is 1. The van der Waals surface area contributed by atoms with Crippen molar-refractivity contribution in [2.75, 3.05) is 32.7 Å². The molecule has 0 aliphatic carbocycles. The lowest BCUT2D eigenvalue weighted by molar-refractivity contribution is -0.139. The first-order valence-corrected chi connectivity index (χ1v) is 12.0. The van der Waals surface area contributed by atoms with Crippen LogP contribution in [0, 0.1) is 0 Å². The molecule has 1 N–H and O–H groups in total. The number of amides is 5. The van der Waals surface area contributed by atoms with Gasteiger partial charge in [0.1, 0.15) is 12.1 Å². The first-order chi connectivity index (χ1) is 16.4. The molecule has 1 aromatic heterocycles. The Morgan fingerprint density at radius 1 is 0.941 bits per heavy atom. The SMILES string of the molecule is CC1(c2cccc3ccccc23)NC(=O)N(CC(=O)N2CCN(C(=O)c3cccs3)CC2)C1=O. The highest BCUT2D eigenvalue weighted by Crippen LogP contribution is 2.33. The zero-order valence-corrected chi connectivity index (χ0v) is 19.5. The summed E-state index contributed by atoms with van der Waals surface area (Å²) in [5, 5.41) is 6.50. The lowest BCUT2D eigenvalue weighted by atomic mass is 9.88. The molecule has 9 heteroatoms. The smallest absolute Gasteiger partial charge is 0.325 e. The van der Waals surface area contributed by atoms with Crippen LogP contribution in [0.25, 0.3) is 10.8 Å². The Morgan fingerprint density at radius 2 is 1.65 bits per heavy atom. The maximum absolute atomic E-state index is 13.4. The predicted molar refractivity (Wildman–Crippen MR) is 128 cm³/mol. The van der Waals surface area contributed by atoms with Crippen LogP contribution in [0.5, 0.6) is 0 Å². The molecule has 2 aromatic carbocycles. The van der Waals surface area contributed by atoms with Crippen LogP contribution in [0.3, 0.4) is 0 Å². The van der Waals surface area contributed by atoms with Crippen molar-refractivity contribution in [2.45, 2.75) is 12.5 Å². The average Bonchev–Trinajstić information content (AvgIpc) is 3.47. The summed E-state index contributed by atoms with van der Waals surface area (Å²) < 4.78 is 0. The van der Waals surface area contributed by atoms with E-state index in [1.54, 1.807) is 22.8 Å². The average molecular weight is 477 g/mol. The van der Waals surface area contributed by atoms with Gasteiger partial charge in [-0.3, -0.25) is 19.3 Å². The fourth-order valence-corrected chi connectivity index (χ4v) is 5.33. The minimum atomic E-state index is -1.26. The summed E-state index contributed by atoms with van der Waals surface area (Å²) in [4.78, 5) is 56.6. The molecule has 0 saturated carbocycles. The number of thiophene rings is 1. The summed E-state index contributed by atoms with van der Waals surface area (Å²) in [6.07, 6.45) is 0. The summed E-state index contributed by atoms with van der Waals surface area (Å²) in [5.74, 6) is -0.801. The Bertz CT molecular complexity index is 1280. The second-order valence-electron chi connectivity index (χ2n) is 8.62. The number of hydrogen-bond donors (Lipinski definition) is 1. The van der Waals surface area contributed by atoms with Crippen molar-refractivity contribution in [3.63, 3.8) is 0 Å².